The van der Waals surface area contributed by atoms with Gasteiger partial charge in [0, 0.05) is 18.4 Å². The average molecular weight is 474 g/mol. The van der Waals surface area contributed by atoms with E-state index in [9.17, 15) is 9.90 Å². The number of hydrogen-bond acceptors (Lipinski definition) is 7. The first-order chi connectivity index (χ1) is 15.5. The lowest BCUT2D eigenvalue weighted by Crippen LogP contribution is -2.40. The zero-order chi connectivity index (χ0) is 22.7. The number of aromatic hydroxyl groups is 1. The third-order valence-corrected chi connectivity index (χ3v) is 6.82. The zero-order valence-electron chi connectivity index (χ0n) is 17.9. The molecule has 0 atom stereocenters. The van der Waals surface area contributed by atoms with Crippen LogP contribution in [0.4, 0.5) is 5.69 Å². The first-order valence-electron chi connectivity index (χ1n) is 10.4. The molecule has 0 unspecified atom stereocenters. The summed E-state index contributed by atoms with van der Waals surface area (Å²) in [4.78, 5) is 24.5. The van der Waals surface area contributed by atoms with Crippen LogP contribution in [-0.4, -0.2) is 46.3 Å². The van der Waals surface area contributed by atoms with E-state index in [1.54, 1.807) is 41.6 Å². The molecule has 1 aromatic heterocycles. The Balaban J connectivity index is 1.74. The maximum Gasteiger partial charge on any atom is 0.267 e. The number of hydrogen-bond donors (Lipinski definition) is 1. The monoisotopic (exact) mass is 473 g/mol. The second-order valence-electron chi connectivity index (χ2n) is 7.57. The summed E-state index contributed by atoms with van der Waals surface area (Å²) in [6.45, 7) is 0. The smallest absolute Gasteiger partial charge is 0.267 e. The van der Waals surface area contributed by atoms with Gasteiger partial charge < -0.3 is 14.6 Å². The Kier molecular flexibility index (Phi) is 6.91. The highest BCUT2D eigenvalue weighted by molar-refractivity contribution is 8.18. The van der Waals surface area contributed by atoms with E-state index >= 15 is 0 Å². The molecular formula is C23H24ClN3O4S. The number of benzene rings is 1. The molecule has 168 valence electrons. The van der Waals surface area contributed by atoms with E-state index in [0.29, 0.717) is 26.3 Å². The van der Waals surface area contributed by atoms with Gasteiger partial charge in [0.25, 0.3) is 5.91 Å². The average Bonchev–Trinajstić information content (AvgIpc) is 3.11. The summed E-state index contributed by atoms with van der Waals surface area (Å²) in [6, 6.07) is 5.17. The van der Waals surface area contributed by atoms with Crippen molar-refractivity contribution in [2.24, 2.45) is 4.99 Å². The van der Waals surface area contributed by atoms with E-state index in [0.717, 1.165) is 25.7 Å². The van der Waals surface area contributed by atoms with E-state index in [2.05, 4.69) is 4.98 Å². The molecule has 32 heavy (non-hydrogen) atoms. The number of pyridine rings is 1. The molecular weight excluding hydrogens is 450 g/mol. The number of carbonyl (C=O) groups is 1. The van der Waals surface area contributed by atoms with Crippen molar-refractivity contribution >= 4 is 46.2 Å². The number of carbonyl (C=O) groups excluding carboxylic acids is 1. The lowest BCUT2D eigenvalue weighted by atomic mass is 9.94. The van der Waals surface area contributed by atoms with Crippen molar-refractivity contribution in [2.75, 3.05) is 14.2 Å². The fourth-order valence-corrected chi connectivity index (χ4v) is 5.15. The van der Waals surface area contributed by atoms with Crippen LogP contribution in [0.2, 0.25) is 5.02 Å². The van der Waals surface area contributed by atoms with E-state index in [4.69, 9.17) is 26.1 Å². The Bertz CT molecular complexity index is 1060. The Morgan fingerprint density at radius 2 is 1.91 bits per heavy atom. The molecule has 1 saturated carbocycles. The maximum absolute atomic E-state index is 13.5. The highest BCUT2D eigenvalue weighted by atomic mass is 35.5. The molecule has 0 radical (unpaired) electrons. The number of thioether (sulfide) groups is 1. The summed E-state index contributed by atoms with van der Waals surface area (Å²) in [5, 5.41) is 11.2. The molecule has 1 aliphatic carbocycles. The summed E-state index contributed by atoms with van der Waals surface area (Å²) < 4.78 is 10.5. The van der Waals surface area contributed by atoms with Crippen LogP contribution in [0.3, 0.4) is 0 Å². The summed E-state index contributed by atoms with van der Waals surface area (Å²) in [6.07, 6.45) is 10.2. The van der Waals surface area contributed by atoms with E-state index in [1.807, 2.05) is 0 Å². The number of aromatic nitrogens is 1. The van der Waals surface area contributed by atoms with Gasteiger partial charge in [0.2, 0.25) is 5.75 Å². The van der Waals surface area contributed by atoms with Crippen molar-refractivity contribution in [3.05, 3.63) is 46.1 Å². The molecule has 2 heterocycles. The number of phenols is 1. The van der Waals surface area contributed by atoms with E-state index in [1.165, 1.54) is 32.4 Å². The number of methoxy groups -OCH3 is 2. The summed E-state index contributed by atoms with van der Waals surface area (Å²) in [5.74, 6) is 0.374. The number of amidine groups is 1. The Morgan fingerprint density at radius 3 is 2.53 bits per heavy atom. The third-order valence-electron chi connectivity index (χ3n) is 5.54. The molecule has 4 rings (SSSR count). The normalized spacial score (nSPS) is 19.7. The van der Waals surface area contributed by atoms with E-state index < -0.39 is 0 Å². The van der Waals surface area contributed by atoms with Crippen molar-refractivity contribution in [3.63, 3.8) is 0 Å². The van der Waals surface area contributed by atoms with Crippen LogP contribution in [0, 0.1) is 0 Å². The predicted octanol–water partition coefficient (Wildman–Crippen LogP) is 5.39. The van der Waals surface area contributed by atoms with Crippen LogP contribution in [-0.2, 0) is 4.79 Å². The second kappa shape index (κ2) is 9.83. The third kappa shape index (κ3) is 4.56. The van der Waals surface area contributed by atoms with Gasteiger partial charge in [-0.3, -0.25) is 14.7 Å². The molecule has 0 bridgehead atoms. The largest absolute Gasteiger partial charge is 0.502 e. The lowest BCUT2D eigenvalue weighted by Gasteiger charge is -2.30. The maximum atomic E-state index is 13.5. The molecule has 7 nitrogen and oxygen atoms in total. The van der Waals surface area contributed by atoms with Crippen LogP contribution < -0.4 is 9.47 Å². The van der Waals surface area contributed by atoms with Crippen molar-refractivity contribution in [1.29, 1.82) is 0 Å². The number of halogens is 1. The van der Waals surface area contributed by atoms with Crippen LogP contribution >= 0.6 is 23.4 Å². The molecule has 1 saturated heterocycles. The van der Waals surface area contributed by atoms with Gasteiger partial charge >= 0.3 is 0 Å². The minimum atomic E-state index is -0.0863. The first kappa shape index (κ1) is 22.5. The summed E-state index contributed by atoms with van der Waals surface area (Å²) in [7, 11) is 2.93. The van der Waals surface area contributed by atoms with Crippen molar-refractivity contribution in [1.82, 2.24) is 9.88 Å². The Hall–Kier alpha value is -2.71. The van der Waals surface area contributed by atoms with Gasteiger partial charge in [-0.1, -0.05) is 30.9 Å². The van der Waals surface area contributed by atoms with Gasteiger partial charge in [0.1, 0.15) is 0 Å². The molecule has 9 heteroatoms. The van der Waals surface area contributed by atoms with Gasteiger partial charge in [-0.25, -0.2) is 4.99 Å². The molecule has 2 fully saturated rings. The van der Waals surface area contributed by atoms with Gasteiger partial charge in [-0.05, 0) is 54.4 Å². The van der Waals surface area contributed by atoms with Gasteiger partial charge in [-0.2, -0.15) is 0 Å². The van der Waals surface area contributed by atoms with Crippen LogP contribution in [0.1, 0.15) is 37.7 Å². The van der Waals surface area contributed by atoms with Gasteiger partial charge in [-0.15, -0.1) is 0 Å². The van der Waals surface area contributed by atoms with Crippen molar-refractivity contribution in [3.8, 4) is 17.2 Å². The number of ether oxygens (including phenoxy) is 2. The molecule has 1 aromatic carbocycles. The number of nitrogens with zero attached hydrogens (tertiary/aromatic N) is 3. The Labute approximate surface area is 196 Å². The predicted molar refractivity (Wildman–Crippen MR) is 127 cm³/mol. The molecule has 1 amide bonds. The first-order valence-corrected chi connectivity index (χ1v) is 11.6. The molecule has 2 aliphatic rings. The van der Waals surface area contributed by atoms with Crippen LogP contribution in [0.25, 0.3) is 6.08 Å². The quantitative estimate of drug-likeness (QED) is 0.586. The van der Waals surface area contributed by atoms with E-state index in [-0.39, 0.29) is 29.2 Å². The highest BCUT2D eigenvalue weighted by Gasteiger charge is 2.38. The standard InChI is InChI=1S/C23H24ClN3O4S/c1-30-18-10-14(11-19(31-2)21(18)28)12-20-22(29)27(15-6-4-3-5-7-15)23(32-20)26-17-8-9-25-13-16(17)24/h8-13,15,28H,3-7H2,1-2H3/b20-12-,26-23?. The van der Waals surface area contributed by atoms with Crippen molar-refractivity contribution in [2.45, 2.75) is 38.1 Å². The fourth-order valence-electron chi connectivity index (χ4n) is 3.94. The number of aliphatic imine (C=N–C) groups is 1. The number of rotatable bonds is 5. The number of amides is 1. The summed E-state index contributed by atoms with van der Waals surface area (Å²) >= 11 is 7.59. The van der Waals surface area contributed by atoms with Crippen molar-refractivity contribution < 1.29 is 19.4 Å². The van der Waals surface area contributed by atoms with Crippen LogP contribution in [0.15, 0.2) is 40.5 Å². The summed E-state index contributed by atoms with van der Waals surface area (Å²) in [5.41, 5.74) is 1.26. The molecule has 0 spiro atoms. The minimum Gasteiger partial charge on any atom is -0.502 e. The SMILES string of the molecule is COc1cc(/C=C2\SC(=Nc3ccncc3Cl)N(C3CCCCC3)C2=O)cc(OC)c1O. The highest BCUT2D eigenvalue weighted by Crippen LogP contribution is 2.42. The topological polar surface area (TPSA) is 84.3 Å². The fraction of sp³-hybridized carbons (Fsp3) is 0.348. The number of phenolic OH excluding ortho intramolecular Hbond substituents is 1. The van der Waals surface area contributed by atoms with Gasteiger partial charge in [0.15, 0.2) is 16.7 Å². The molecule has 1 aliphatic heterocycles. The van der Waals surface area contributed by atoms with Crippen LogP contribution in [0.5, 0.6) is 17.2 Å². The minimum absolute atomic E-state index is 0.0824. The lowest BCUT2D eigenvalue weighted by molar-refractivity contribution is -0.124. The second-order valence-corrected chi connectivity index (χ2v) is 8.99. The zero-order valence-corrected chi connectivity index (χ0v) is 19.4. The molecule has 1 N–H and O–H groups in total. The Morgan fingerprint density at radius 1 is 1.22 bits per heavy atom. The molecule has 2 aromatic rings. The van der Waals surface area contributed by atoms with Gasteiger partial charge in [0.05, 0.1) is 29.8 Å².